The number of rotatable bonds is 4. The molecule has 1 N–H and O–H groups in total. The molecular formula is C15H10ClN3O4. The van der Waals surface area contributed by atoms with Crippen LogP contribution < -0.4 is 0 Å². The summed E-state index contributed by atoms with van der Waals surface area (Å²) in [6, 6.07) is 11.0. The van der Waals surface area contributed by atoms with Crippen molar-refractivity contribution in [2.24, 2.45) is 0 Å². The first-order valence-electron chi connectivity index (χ1n) is 6.59. The number of imidazole rings is 1. The minimum atomic E-state index is -0.751. The summed E-state index contributed by atoms with van der Waals surface area (Å²) in [7, 11) is 0. The summed E-state index contributed by atoms with van der Waals surface area (Å²) in [5.41, 5.74) is 1.29. The molecule has 3 aromatic rings. The number of H-pyrrole nitrogens is 1. The van der Waals surface area contributed by atoms with Gasteiger partial charge in [-0.3, -0.25) is 10.1 Å². The second-order valence-corrected chi connectivity index (χ2v) is 5.11. The van der Waals surface area contributed by atoms with E-state index < -0.39 is 10.9 Å². The van der Waals surface area contributed by atoms with Crippen LogP contribution in [0.2, 0.25) is 5.02 Å². The van der Waals surface area contributed by atoms with Gasteiger partial charge in [0, 0.05) is 12.1 Å². The summed E-state index contributed by atoms with van der Waals surface area (Å²) < 4.78 is 5.12. The van der Waals surface area contributed by atoms with Gasteiger partial charge >= 0.3 is 5.97 Å². The minimum absolute atomic E-state index is 0.0584. The van der Waals surface area contributed by atoms with E-state index in [1.807, 2.05) is 24.3 Å². The standard InChI is InChI=1S/C15H10ClN3O4/c16-11-6-5-9(19(21)22)7-10(11)15(20)23-8-14-17-12-3-1-2-4-13(12)18-14/h1-7H,8H2,(H,17,18). The van der Waals surface area contributed by atoms with Crippen LogP contribution in [0.5, 0.6) is 0 Å². The molecule has 0 bridgehead atoms. The van der Waals surface area contributed by atoms with Crippen molar-refractivity contribution in [1.82, 2.24) is 9.97 Å². The molecule has 0 aliphatic rings. The number of benzene rings is 2. The van der Waals surface area contributed by atoms with Crippen molar-refractivity contribution < 1.29 is 14.5 Å². The molecule has 0 aliphatic heterocycles. The smallest absolute Gasteiger partial charge is 0.340 e. The van der Waals surface area contributed by atoms with Gasteiger partial charge in [0.25, 0.3) is 5.69 Å². The Morgan fingerprint density at radius 3 is 2.83 bits per heavy atom. The van der Waals surface area contributed by atoms with Gasteiger partial charge in [-0.2, -0.15) is 0 Å². The molecule has 0 atom stereocenters. The van der Waals surface area contributed by atoms with Crippen molar-refractivity contribution in [3.8, 4) is 0 Å². The third-order valence-corrected chi connectivity index (χ3v) is 3.49. The highest BCUT2D eigenvalue weighted by molar-refractivity contribution is 6.33. The van der Waals surface area contributed by atoms with Crippen LogP contribution in [-0.4, -0.2) is 20.9 Å². The number of para-hydroxylation sites is 2. The van der Waals surface area contributed by atoms with Crippen LogP contribution in [0.25, 0.3) is 11.0 Å². The number of aromatic amines is 1. The first-order chi connectivity index (χ1) is 11.0. The highest BCUT2D eigenvalue weighted by Crippen LogP contribution is 2.23. The molecule has 1 aromatic heterocycles. The number of halogens is 1. The van der Waals surface area contributed by atoms with Gasteiger partial charge in [0.05, 0.1) is 26.5 Å². The zero-order valence-electron chi connectivity index (χ0n) is 11.7. The van der Waals surface area contributed by atoms with Crippen LogP contribution in [0.3, 0.4) is 0 Å². The molecule has 0 fully saturated rings. The van der Waals surface area contributed by atoms with E-state index in [2.05, 4.69) is 9.97 Å². The molecule has 23 heavy (non-hydrogen) atoms. The molecule has 116 valence electrons. The SMILES string of the molecule is O=C(OCc1nc2ccccc2[nH]1)c1cc([N+](=O)[O-])ccc1Cl. The van der Waals surface area contributed by atoms with Gasteiger partial charge in [0.2, 0.25) is 0 Å². The topological polar surface area (TPSA) is 98.1 Å². The number of esters is 1. The Bertz CT molecular complexity index is 874. The second-order valence-electron chi connectivity index (χ2n) is 4.70. The molecule has 0 spiro atoms. The largest absolute Gasteiger partial charge is 0.454 e. The zero-order chi connectivity index (χ0) is 16.4. The number of nitro groups is 1. The van der Waals surface area contributed by atoms with E-state index in [9.17, 15) is 14.9 Å². The lowest BCUT2D eigenvalue weighted by molar-refractivity contribution is -0.384. The average Bonchev–Trinajstić information content (AvgIpc) is 2.95. The van der Waals surface area contributed by atoms with Crippen molar-refractivity contribution in [1.29, 1.82) is 0 Å². The Balaban J connectivity index is 1.76. The van der Waals surface area contributed by atoms with Crippen LogP contribution in [0.1, 0.15) is 16.2 Å². The Labute approximate surface area is 135 Å². The van der Waals surface area contributed by atoms with Gasteiger partial charge < -0.3 is 9.72 Å². The van der Waals surface area contributed by atoms with E-state index in [4.69, 9.17) is 16.3 Å². The zero-order valence-corrected chi connectivity index (χ0v) is 12.4. The maximum absolute atomic E-state index is 12.1. The van der Waals surface area contributed by atoms with Gasteiger partial charge in [0.1, 0.15) is 12.4 Å². The number of nitro benzene ring substituents is 1. The normalized spacial score (nSPS) is 10.7. The lowest BCUT2D eigenvalue weighted by atomic mass is 10.2. The number of nitrogens with zero attached hydrogens (tertiary/aromatic N) is 2. The Morgan fingerprint density at radius 2 is 2.09 bits per heavy atom. The maximum Gasteiger partial charge on any atom is 0.340 e. The summed E-state index contributed by atoms with van der Waals surface area (Å²) >= 11 is 5.89. The second kappa shape index (κ2) is 6.05. The molecule has 0 saturated heterocycles. The number of hydrogen-bond acceptors (Lipinski definition) is 5. The molecule has 0 aliphatic carbocycles. The summed E-state index contributed by atoms with van der Waals surface area (Å²) in [6.45, 7) is -0.0907. The van der Waals surface area contributed by atoms with Gasteiger partial charge in [0.15, 0.2) is 0 Å². The fourth-order valence-electron chi connectivity index (χ4n) is 2.07. The highest BCUT2D eigenvalue weighted by Gasteiger charge is 2.17. The molecule has 2 aromatic carbocycles. The number of hydrogen-bond donors (Lipinski definition) is 1. The van der Waals surface area contributed by atoms with Crippen molar-refractivity contribution in [3.63, 3.8) is 0 Å². The number of non-ortho nitro benzene ring substituents is 1. The fraction of sp³-hybridized carbons (Fsp3) is 0.0667. The number of carbonyl (C=O) groups excluding carboxylic acids is 1. The van der Waals surface area contributed by atoms with Crippen molar-refractivity contribution in [2.75, 3.05) is 0 Å². The number of aromatic nitrogens is 2. The predicted molar refractivity (Wildman–Crippen MR) is 83.3 cm³/mol. The van der Waals surface area contributed by atoms with E-state index in [1.165, 1.54) is 12.1 Å². The molecular weight excluding hydrogens is 322 g/mol. The number of fused-ring (bicyclic) bond motifs is 1. The minimum Gasteiger partial charge on any atom is -0.454 e. The van der Waals surface area contributed by atoms with Gasteiger partial charge in [-0.05, 0) is 18.2 Å². The quantitative estimate of drug-likeness (QED) is 0.448. The predicted octanol–water partition coefficient (Wildman–Crippen LogP) is 3.48. The van der Waals surface area contributed by atoms with Crippen LogP contribution >= 0.6 is 11.6 Å². The summed E-state index contributed by atoms with van der Waals surface area (Å²) in [5, 5.41) is 10.8. The Kier molecular flexibility index (Phi) is 3.94. The fourth-order valence-corrected chi connectivity index (χ4v) is 2.26. The van der Waals surface area contributed by atoms with Crippen molar-refractivity contribution >= 4 is 34.3 Å². The lowest BCUT2D eigenvalue weighted by Gasteiger charge is -2.04. The van der Waals surface area contributed by atoms with E-state index in [0.29, 0.717) is 5.82 Å². The molecule has 0 unspecified atom stereocenters. The van der Waals surface area contributed by atoms with Gasteiger partial charge in [-0.1, -0.05) is 23.7 Å². The van der Waals surface area contributed by atoms with Crippen LogP contribution in [-0.2, 0) is 11.3 Å². The van der Waals surface area contributed by atoms with Crippen molar-refractivity contribution in [3.05, 3.63) is 69.0 Å². The molecule has 3 rings (SSSR count). The Hall–Kier alpha value is -2.93. The van der Waals surface area contributed by atoms with Crippen LogP contribution in [0.15, 0.2) is 42.5 Å². The monoisotopic (exact) mass is 331 g/mol. The van der Waals surface area contributed by atoms with Gasteiger partial charge in [-0.25, -0.2) is 9.78 Å². The lowest BCUT2D eigenvalue weighted by Crippen LogP contribution is -2.07. The van der Waals surface area contributed by atoms with E-state index >= 15 is 0 Å². The highest BCUT2D eigenvalue weighted by atomic mass is 35.5. The average molecular weight is 332 g/mol. The summed E-state index contributed by atoms with van der Waals surface area (Å²) in [5.74, 6) is -0.278. The first kappa shape index (κ1) is 15.0. The third kappa shape index (κ3) is 3.14. The van der Waals surface area contributed by atoms with Gasteiger partial charge in [-0.15, -0.1) is 0 Å². The van der Waals surface area contributed by atoms with Crippen molar-refractivity contribution in [2.45, 2.75) is 6.61 Å². The Morgan fingerprint density at radius 1 is 1.30 bits per heavy atom. The molecule has 8 heteroatoms. The van der Waals surface area contributed by atoms with E-state index in [0.717, 1.165) is 17.1 Å². The van der Waals surface area contributed by atoms with E-state index in [1.54, 1.807) is 0 Å². The van der Waals surface area contributed by atoms with Crippen LogP contribution in [0.4, 0.5) is 5.69 Å². The first-order valence-corrected chi connectivity index (χ1v) is 6.97. The molecule has 0 amide bonds. The van der Waals surface area contributed by atoms with Crippen LogP contribution in [0, 0.1) is 10.1 Å². The maximum atomic E-state index is 12.1. The number of carbonyl (C=O) groups is 1. The number of nitrogens with one attached hydrogen (secondary N) is 1. The molecule has 0 saturated carbocycles. The molecule has 1 heterocycles. The number of ether oxygens (including phenoxy) is 1. The molecule has 0 radical (unpaired) electrons. The molecule has 7 nitrogen and oxygen atoms in total. The summed E-state index contributed by atoms with van der Waals surface area (Å²) in [6.07, 6.45) is 0. The third-order valence-electron chi connectivity index (χ3n) is 3.16. The summed E-state index contributed by atoms with van der Waals surface area (Å²) in [4.78, 5) is 29.5. The van der Waals surface area contributed by atoms with E-state index in [-0.39, 0.29) is 22.9 Å².